The summed E-state index contributed by atoms with van der Waals surface area (Å²) in [5.74, 6) is -0.537. The molecule has 2 aromatic heterocycles. The minimum Gasteiger partial charge on any atom is -0.459 e. The highest BCUT2D eigenvalue weighted by Gasteiger charge is 2.17. The van der Waals surface area contributed by atoms with E-state index in [1.165, 1.54) is 10.9 Å². The van der Waals surface area contributed by atoms with Crippen LogP contribution < -0.4 is 16.2 Å². The summed E-state index contributed by atoms with van der Waals surface area (Å²) in [7, 11) is 0. The van der Waals surface area contributed by atoms with Crippen LogP contribution in [0.25, 0.3) is 10.8 Å². The van der Waals surface area contributed by atoms with Crippen molar-refractivity contribution in [3.63, 3.8) is 0 Å². The van der Waals surface area contributed by atoms with Crippen molar-refractivity contribution in [3.8, 4) is 0 Å². The highest BCUT2D eigenvalue weighted by atomic mass is 16.3. The summed E-state index contributed by atoms with van der Waals surface area (Å²) in [5.41, 5.74) is 1.33. The third kappa shape index (κ3) is 4.29. The zero-order chi connectivity index (χ0) is 22.7. The van der Waals surface area contributed by atoms with E-state index in [0.29, 0.717) is 16.5 Å². The number of amides is 2. The maximum atomic E-state index is 13.0. The van der Waals surface area contributed by atoms with Gasteiger partial charge in [0.05, 0.1) is 17.7 Å². The lowest BCUT2D eigenvalue weighted by atomic mass is 10.1. The first-order valence-corrected chi connectivity index (χ1v) is 10.2. The Morgan fingerprint density at radius 1 is 1.00 bits per heavy atom. The predicted molar refractivity (Wildman–Crippen MR) is 121 cm³/mol. The first-order valence-electron chi connectivity index (χ1n) is 10.2. The number of anilines is 1. The van der Waals surface area contributed by atoms with Gasteiger partial charge in [0.1, 0.15) is 0 Å². The van der Waals surface area contributed by atoms with E-state index in [-0.39, 0.29) is 41.4 Å². The number of carbonyl (C=O) groups excluding carboxylic acids is 2. The molecule has 0 spiro atoms. The molecule has 2 aromatic carbocycles. The molecule has 0 unspecified atom stereocenters. The number of furan rings is 1. The monoisotopic (exact) mass is 430 g/mol. The summed E-state index contributed by atoms with van der Waals surface area (Å²) in [4.78, 5) is 37.8. The highest BCUT2D eigenvalue weighted by Crippen LogP contribution is 2.16. The van der Waals surface area contributed by atoms with Gasteiger partial charge in [0.2, 0.25) is 0 Å². The molecule has 8 heteroatoms. The molecule has 0 bridgehead atoms. The SMILES string of the molecule is CC(C)n1nc(C(=O)NCc2cccc(NC(=O)c3ccco3)c2)c2ccccc2c1=O. The maximum absolute atomic E-state index is 13.0. The largest absolute Gasteiger partial charge is 0.459 e. The number of fused-ring (bicyclic) bond motifs is 1. The molecule has 0 aliphatic carbocycles. The van der Waals surface area contributed by atoms with Crippen molar-refractivity contribution in [1.82, 2.24) is 15.1 Å². The second-order valence-corrected chi connectivity index (χ2v) is 7.55. The Bertz CT molecular complexity index is 1340. The molecule has 4 rings (SSSR count). The van der Waals surface area contributed by atoms with Gasteiger partial charge in [-0.2, -0.15) is 5.10 Å². The highest BCUT2D eigenvalue weighted by molar-refractivity contribution is 6.05. The van der Waals surface area contributed by atoms with Crippen LogP contribution in [-0.2, 0) is 6.54 Å². The van der Waals surface area contributed by atoms with Crippen molar-refractivity contribution in [3.05, 3.63) is 94.3 Å². The number of benzene rings is 2. The second-order valence-electron chi connectivity index (χ2n) is 7.55. The van der Waals surface area contributed by atoms with Gasteiger partial charge in [-0.3, -0.25) is 14.4 Å². The normalized spacial score (nSPS) is 11.0. The zero-order valence-corrected chi connectivity index (χ0v) is 17.7. The summed E-state index contributed by atoms with van der Waals surface area (Å²) in [5, 5.41) is 10.9. The number of rotatable bonds is 6. The first kappa shape index (κ1) is 21.0. The molecular formula is C24H22N4O4. The van der Waals surface area contributed by atoms with Crippen molar-refractivity contribution in [1.29, 1.82) is 0 Å². The fourth-order valence-electron chi connectivity index (χ4n) is 3.35. The van der Waals surface area contributed by atoms with Gasteiger partial charge in [-0.25, -0.2) is 4.68 Å². The zero-order valence-electron chi connectivity index (χ0n) is 17.7. The molecule has 2 heterocycles. The molecule has 162 valence electrons. The van der Waals surface area contributed by atoms with Gasteiger partial charge in [-0.15, -0.1) is 0 Å². The molecule has 2 N–H and O–H groups in total. The van der Waals surface area contributed by atoms with Crippen molar-refractivity contribution in [2.24, 2.45) is 0 Å². The Morgan fingerprint density at radius 3 is 2.50 bits per heavy atom. The van der Waals surface area contributed by atoms with Crippen LogP contribution in [0.3, 0.4) is 0 Å². The smallest absolute Gasteiger partial charge is 0.291 e. The van der Waals surface area contributed by atoms with Crippen LogP contribution in [0.1, 0.15) is 46.5 Å². The molecule has 32 heavy (non-hydrogen) atoms. The molecule has 0 saturated heterocycles. The molecule has 0 saturated carbocycles. The molecule has 0 aliphatic heterocycles. The molecule has 8 nitrogen and oxygen atoms in total. The molecule has 0 radical (unpaired) electrons. The van der Waals surface area contributed by atoms with Gasteiger partial charge in [-0.05, 0) is 49.7 Å². The van der Waals surface area contributed by atoms with E-state index < -0.39 is 0 Å². The maximum Gasteiger partial charge on any atom is 0.291 e. The minimum absolute atomic E-state index is 0.187. The van der Waals surface area contributed by atoms with Crippen LogP contribution in [0.5, 0.6) is 0 Å². The Balaban J connectivity index is 1.53. The van der Waals surface area contributed by atoms with Gasteiger partial charge in [0, 0.05) is 17.6 Å². The number of aromatic nitrogens is 2. The topological polar surface area (TPSA) is 106 Å². The van der Waals surface area contributed by atoms with E-state index in [1.807, 2.05) is 19.9 Å². The van der Waals surface area contributed by atoms with Crippen molar-refractivity contribution in [2.75, 3.05) is 5.32 Å². The van der Waals surface area contributed by atoms with Crippen LogP contribution in [0, 0.1) is 0 Å². The van der Waals surface area contributed by atoms with Crippen LogP contribution in [-0.4, -0.2) is 21.6 Å². The van der Waals surface area contributed by atoms with E-state index in [1.54, 1.807) is 54.6 Å². The Kier molecular flexibility index (Phi) is 5.85. The van der Waals surface area contributed by atoms with Crippen LogP contribution in [0.2, 0.25) is 0 Å². The predicted octanol–water partition coefficient (Wildman–Crippen LogP) is 3.75. The van der Waals surface area contributed by atoms with E-state index >= 15 is 0 Å². The van der Waals surface area contributed by atoms with Crippen molar-refractivity contribution in [2.45, 2.75) is 26.4 Å². The number of nitrogens with zero attached hydrogens (tertiary/aromatic N) is 2. The van der Waals surface area contributed by atoms with Crippen LogP contribution >= 0.6 is 0 Å². The Labute approximate surface area is 183 Å². The van der Waals surface area contributed by atoms with E-state index in [0.717, 1.165) is 5.56 Å². The van der Waals surface area contributed by atoms with E-state index in [9.17, 15) is 14.4 Å². The third-order valence-corrected chi connectivity index (χ3v) is 4.92. The minimum atomic E-state index is -0.388. The summed E-state index contributed by atoms with van der Waals surface area (Å²) in [6, 6.07) is 17.1. The van der Waals surface area contributed by atoms with Gasteiger partial charge in [0.25, 0.3) is 17.4 Å². The lowest BCUT2D eigenvalue weighted by Gasteiger charge is -2.13. The summed E-state index contributed by atoms with van der Waals surface area (Å²) < 4.78 is 6.42. The Morgan fingerprint density at radius 2 is 1.78 bits per heavy atom. The van der Waals surface area contributed by atoms with Crippen LogP contribution in [0.4, 0.5) is 5.69 Å². The molecule has 4 aromatic rings. The van der Waals surface area contributed by atoms with Crippen LogP contribution in [0.15, 0.2) is 76.1 Å². The molecular weight excluding hydrogens is 408 g/mol. The fourth-order valence-corrected chi connectivity index (χ4v) is 3.35. The molecule has 2 amide bonds. The van der Waals surface area contributed by atoms with Gasteiger partial charge < -0.3 is 15.1 Å². The third-order valence-electron chi connectivity index (χ3n) is 4.92. The van der Waals surface area contributed by atoms with E-state index in [2.05, 4.69) is 15.7 Å². The number of carbonyl (C=O) groups is 2. The standard InChI is InChI=1S/C24H22N4O4/c1-15(2)28-24(31)19-10-4-3-9-18(19)21(27-28)23(30)25-14-16-7-5-8-17(13-16)26-22(29)20-11-6-12-32-20/h3-13,15H,14H2,1-2H3,(H,25,30)(H,26,29). The first-order chi connectivity index (χ1) is 15.4. The Hall–Kier alpha value is -4.20. The quantitative estimate of drug-likeness (QED) is 0.485. The lowest BCUT2D eigenvalue weighted by Crippen LogP contribution is -2.31. The van der Waals surface area contributed by atoms with Crippen molar-refractivity contribution < 1.29 is 14.0 Å². The van der Waals surface area contributed by atoms with Gasteiger partial charge >= 0.3 is 0 Å². The number of hydrogen-bond acceptors (Lipinski definition) is 5. The molecule has 0 atom stereocenters. The lowest BCUT2D eigenvalue weighted by molar-refractivity contribution is 0.0943. The fraction of sp³-hybridized carbons (Fsp3) is 0.167. The number of hydrogen-bond donors (Lipinski definition) is 2. The summed E-state index contributed by atoms with van der Waals surface area (Å²) in [6.45, 7) is 3.90. The summed E-state index contributed by atoms with van der Waals surface area (Å²) >= 11 is 0. The molecule has 0 fully saturated rings. The van der Waals surface area contributed by atoms with E-state index in [4.69, 9.17) is 4.42 Å². The van der Waals surface area contributed by atoms with Gasteiger partial charge in [-0.1, -0.05) is 30.3 Å². The average Bonchev–Trinajstić information content (AvgIpc) is 3.33. The molecule has 0 aliphatic rings. The number of nitrogens with one attached hydrogen (secondary N) is 2. The second kappa shape index (κ2) is 8.89. The average molecular weight is 430 g/mol. The summed E-state index contributed by atoms with van der Waals surface area (Å²) in [6.07, 6.45) is 1.43. The van der Waals surface area contributed by atoms with Crippen molar-refractivity contribution >= 4 is 28.3 Å². The van der Waals surface area contributed by atoms with Gasteiger partial charge in [0.15, 0.2) is 11.5 Å².